The summed E-state index contributed by atoms with van der Waals surface area (Å²) < 4.78 is 26.1. The molecule has 4 aromatic rings. The molecule has 18 heteroatoms. The van der Waals surface area contributed by atoms with Crippen LogP contribution in [0.1, 0.15) is 66.8 Å². The maximum absolute atomic E-state index is 10.3. The summed E-state index contributed by atoms with van der Waals surface area (Å²) in [4.78, 5) is 4.98. The SMILES string of the molecule is C=C1c2c(C)nn(-c3ccc(C#CCO[C@@H]4O[C@H](CO)[C@@H](O)[C@H](O)[C@H]4O)cc3)c2N(C)C23CC1C1(C)c4c(C)nn(-c5ccc(C#CCO[C@@H]6O[C@H](CO)[C@@H](O)[C@H](O)[C@H]6O)cc5)c4N(C)C(C)(CC12)C3. The highest BCUT2D eigenvalue weighted by Gasteiger charge is 2.73. The Bertz CT molecular complexity index is 2790. The third-order valence-corrected chi connectivity index (χ3v) is 16.5. The van der Waals surface area contributed by atoms with Crippen LogP contribution in [0.25, 0.3) is 16.9 Å². The quantitative estimate of drug-likeness (QED) is 0.114. The largest absolute Gasteiger partial charge is 0.394 e. The van der Waals surface area contributed by atoms with Gasteiger partial charge in [-0.05, 0) is 106 Å². The molecule has 2 aromatic carbocycles. The summed E-state index contributed by atoms with van der Waals surface area (Å²) in [5.74, 6) is 14.5. The van der Waals surface area contributed by atoms with Crippen LogP contribution in [0.4, 0.5) is 11.6 Å². The molecule has 18 nitrogen and oxygen atoms in total. The number of hydrogen-bond donors (Lipinski definition) is 8. The van der Waals surface area contributed by atoms with Crippen molar-refractivity contribution in [1.29, 1.82) is 0 Å². The predicted molar refractivity (Wildman–Crippen MR) is 255 cm³/mol. The van der Waals surface area contributed by atoms with Crippen LogP contribution in [0.2, 0.25) is 0 Å². The number of rotatable bonds is 8. The molecule has 2 aromatic heterocycles. The van der Waals surface area contributed by atoms with E-state index < -0.39 is 74.6 Å². The third-order valence-electron chi connectivity index (χ3n) is 16.5. The Hall–Kier alpha value is -5.16. The number of benzene rings is 2. The van der Waals surface area contributed by atoms with Crippen LogP contribution in [-0.4, -0.2) is 173 Å². The molecule has 2 aliphatic carbocycles. The first-order valence-electron chi connectivity index (χ1n) is 23.8. The minimum absolute atomic E-state index is 0.0920. The number of anilines is 2. The van der Waals surface area contributed by atoms with Crippen LogP contribution in [-0.2, 0) is 24.4 Å². The first-order chi connectivity index (χ1) is 33.4. The number of aryl methyl sites for hydroxylation is 2. The summed E-state index contributed by atoms with van der Waals surface area (Å²) in [7, 11) is 4.44. The second kappa shape index (κ2) is 17.9. The second-order valence-electron chi connectivity index (χ2n) is 20.3. The molecule has 4 aliphatic heterocycles. The lowest BCUT2D eigenvalue weighted by molar-refractivity contribution is -0.298. The van der Waals surface area contributed by atoms with Crippen LogP contribution in [0.3, 0.4) is 0 Å². The number of allylic oxidation sites excluding steroid dienone is 1. The second-order valence-corrected chi connectivity index (χ2v) is 20.3. The fourth-order valence-corrected chi connectivity index (χ4v) is 12.8. The Balaban J connectivity index is 0.906. The van der Waals surface area contributed by atoms with E-state index in [0.717, 1.165) is 75.9 Å². The Morgan fingerprint density at radius 2 is 1.16 bits per heavy atom. The van der Waals surface area contributed by atoms with E-state index >= 15 is 0 Å². The summed E-state index contributed by atoms with van der Waals surface area (Å²) in [6.07, 6.45) is -10.8. The van der Waals surface area contributed by atoms with E-state index in [2.05, 4.69) is 80.0 Å². The van der Waals surface area contributed by atoms with Crippen LogP contribution in [0.15, 0.2) is 55.1 Å². The molecule has 70 heavy (non-hydrogen) atoms. The summed E-state index contributed by atoms with van der Waals surface area (Å²) in [5, 5.41) is 90.4. The van der Waals surface area contributed by atoms with Gasteiger partial charge in [-0.2, -0.15) is 10.2 Å². The molecule has 1 spiro atoms. The van der Waals surface area contributed by atoms with E-state index in [9.17, 15) is 40.9 Å². The number of aromatic nitrogens is 4. The normalized spacial score (nSPS) is 36.1. The average molecular weight is 963 g/mol. The first-order valence-corrected chi connectivity index (χ1v) is 23.8. The van der Waals surface area contributed by atoms with Crippen LogP contribution >= 0.6 is 0 Å². The highest BCUT2D eigenvalue weighted by atomic mass is 16.7. The average Bonchev–Trinajstić information content (AvgIpc) is 4.04. The van der Waals surface area contributed by atoms with E-state index in [4.69, 9.17) is 35.7 Å². The predicted octanol–water partition coefficient (Wildman–Crippen LogP) is 0.809. The zero-order valence-corrected chi connectivity index (χ0v) is 40.1. The van der Waals surface area contributed by atoms with E-state index in [-0.39, 0.29) is 41.5 Å². The Labute approximate surface area is 406 Å². The summed E-state index contributed by atoms with van der Waals surface area (Å²) in [6, 6.07) is 15.7. The third kappa shape index (κ3) is 7.35. The van der Waals surface area contributed by atoms with Gasteiger partial charge in [0.1, 0.15) is 73.7 Å². The minimum atomic E-state index is -1.53. The number of nitrogens with zero attached hydrogens (tertiary/aromatic N) is 6. The number of fused-ring (bicyclic) bond motifs is 6. The summed E-state index contributed by atoms with van der Waals surface area (Å²) in [5.41, 5.74) is 7.70. The van der Waals surface area contributed by atoms with Gasteiger partial charge in [0.25, 0.3) is 0 Å². The van der Waals surface area contributed by atoms with Crippen molar-refractivity contribution in [3.63, 3.8) is 0 Å². The van der Waals surface area contributed by atoms with Gasteiger partial charge in [-0.15, -0.1) is 0 Å². The van der Waals surface area contributed by atoms with Gasteiger partial charge in [-0.1, -0.05) is 37.2 Å². The van der Waals surface area contributed by atoms with Crippen molar-refractivity contribution < 1.29 is 59.8 Å². The van der Waals surface area contributed by atoms with E-state index in [1.54, 1.807) is 0 Å². The van der Waals surface area contributed by atoms with Crippen molar-refractivity contribution in [3.05, 3.63) is 88.8 Å². The van der Waals surface area contributed by atoms with Gasteiger partial charge in [0.2, 0.25) is 0 Å². The number of aliphatic hydroxyl groups is 8. The summed E-state index contributed by atoms with van der Waals surface area (Å²) >= 11 is 0. The van der Waals surface area contributed by atoms with Gasteiger partial charge in [-0.3, -0.25) is 0 Å². The monoisotopic (exact) mass is 962 g/mol. The molecule has 4 fully saturated rings. The number of aliphatic hydroxyl groups excluding tert-OH is 8. The molecule has 6 aliphatic rings. The number of hydrogen-bond acceptors (Lipinski definition) is 16. The van der Waals surface area contributed by atoms with Crippen LogP contribution < -0.4 is 9.80 Å². The lowest BCUT2D eigenvalue weighted by Crippen LogP contribution is -2.59. The zero-order chi connectivity index (χ0) is 49.8. The van der Waals surface area contributed by atoms with Crippen LogP contribution in [0, 0.1) is 49.4 Å². The molecular formula is C52H62N6O12. The van der Waals surface area contributed by atoms with Gasteiger partial charge in [-0.25, -0.2) is 9.36 Å². The molecule has 0 amide bonds. The molecule has 4 bridgehead atoms. The highest BCUT2D eigenvalue weighted by molar-refractivity contribution is 5.83. The topological polar surface area (TPSA) is 241 Å². The lowest BCUT2D eigenvalue weighted by atomic mass is 9.64. The van der Waals surface area contributed by atoms with Gasteiger partial charge in [0, 0.05) is 52.8 Å². The highest BCUT2D eigenvalue weighted by Crippen LogP contribution is 2.73. The molecular weight excluding hydrogens is 901 g/mol. The van der Waals surface area contributed by atoms with E-state index in [1.807, 2.05) is 53.2 Å². The van der Waals surface area contributed by atoms with Crippen molar-refractivity contribution in [2.24, 2.45) is 11.8 Å². The van der Waals surface area contributed by atoms with Crippen molar-refractivity contribution in [1.82, 2.24) is 19.6 Å². The Kier molecular flexibility index (Phi) is 12.4. The maximum atomic E-state index is 10.3. The number of ether oxygens (including phenoxy) is 4. The standard InChI is InChI=1S/C52H62N6O12/c1-27-34-22-52(56(7)46-38(27)28(2)53-57(46)32-16-12-30(13-17-32)10-8-20-67-48-44(65)42(63)40(61)35(24-59)69-48)26-50(4)23-37(52)51(34,5)39-29(3)54-58(47(39)55(50)6)33-18-14-31(15-19-33)11-9-21-68-49-45(66)43(64)41(62)36(25-60)70-49/h12-19,34-37,40-45,48-49,59-66H,1,20-26H2,2-7H3/t34?,35-,36-,37?,40-,41-,42+,43+,44-,45-,48-,49-,50?,51?,52?/m1/s1. The first kappa shape index (κ1) is 48.5. The fraction of sp³-hybridized carbons (Fsp3) is 0.538. The van der Waals surface area contributed by atoms with Gasteiger partial charge in [0.05, 0.1) is 36.0 Å². The maximum Gasteiger partial charge on any atom is 0.187 e. The molecule has 372 valence electrons. The minimum Gasteiger partial charge on any atom is -0.394 e. The molecule has 2 saturated heterocycles. The smallest absolute Gasteiger partial charge is 0.187 e. The van der Waals surface area contributed by atoms with Crippen molar-refractivity contribution >= 4 is 17.2 Å². The molecule has 5 unspecified atom stereocenters. The van der Waals surface area contributed by atoms with E-state index in [0.29, 0.717) is 0 Å². The lowest BCUT2D eigenvalue weighted by Gasteiger charge is -2.47. The Morgan fingerprint density at radius 3 is 1.66 bits per heavy atom. The van der Waals surface area contributed by atoms with Crippen molar-refractivity contribution in [2.45, 2.75) is 125 Å². The molecule has 10 rings (SSSR count). The molecule has 6 heterocycles. The fourth-order valence-electron chi connectivity index (χ4n) is 12.8. The van der Waals surface area contributed by atoms with Crippen molar-refractivity contribution in [3.8, 4) is 35.1 Å². The van der Waals surface area contributed by atoms with Gasteiger partial charge < -0.3 is 69.6 Å². The summed E-state index contributed by atoms with van der Waals surface area (Å²) in [6.45, 7) is 12.6. The molecule has 2 saturated carbocycles. The van der Waals surface area contributed by atoms with Crippen molar-refractivity contribution in [2.75, 3.05) is 50.3 Å². The van der Waals surface area contributed by atoms with Gasteiger partial charge in [0.15, 0.2) is 12.6 Å². The zero-order valence-electron chi connectivity index (χ0n) is 40.1. The molecule has 0 radical (unpaired) electrons. The molecule has 8 N–H and O–H groups in total. The molecule has 15 atom stereocenters. The van der Waals surface area contributed by atoms with Gasteiger partial charge >= 0.3 is 0 Å². The van der Waals surface area contributed by atoms with E-state index in [1.165, 1.54) is 5.56 Å². The Morgan fingerprint density at radius 1 is 0.671 bits per heavy atom. The van der Waals surface area contributed by atoms with Crippen LogP contribution in [0.5, 0.6) is 0 Å².